The molecular weight excluding hydrogens is 304 g/mol. The van der Waals surface area contributed by atoms with Gasteiger partial charge in [0.1, 0.15) is 11.6 Å². The van der Waals surface area contributed by atoms with Gasteiger partial charge >= 0.3 is 0 Å². The highest BCUT2D eigenvalue weighted by Gasteiger charge is 2.20. The molecule has 0 radical (unpaired) electrons. The molecule has 98 valence electrons. The molecule has 3 rings (SSSR count). The van der Waals surface area contributed by atoms with E-state index < -0.39 is 0 Å². The van der Waals surface area contributed by atoms with Crippen LogP contribution in [-0.2, 0) is 0 Å². The first kappa shape index (κ1) is 12.5. The second-order valence-electron chi connectivity index (χ2n) is 4.64. The third-order valence-electron chi connectivity index (χ3n) is 3.15. The molecular formula is C15H15BrN2O. The van der Waals surface area contributed by atoms with Crippen molar-refractivity contribution in [2.75, 3.05) is 18.1 Å². The van der Waals surface area contributed by atoms with Crippen LogP contribution in [0.1, 0.15) is 12.0 Å². The van der Waals surface area contributed by atoms with Gasteiger partial charge in [0.25, 0.3) is 0 Å². The van der Waals surface area contributed by atoms with Crippen molar-refractivity contribution in [1.82, 2.24) is 4.98 Å². The molecule has 2 heterocycles. The first-order chi connectivity index (χ1) is 9.25. The summed E-state index contributed by atoms with van der Waals surface area (Å²) in [6, 6.07) is 10.2. The molecule has 0 saturated heterocycles. The minimum absolute atomic E-state index is 0.747. The summed E-state index contributed by atoms with van der Waals surface area (Å²) in [5.74, 6) is 1.87. The Bertz CT molecular complexity index is 600. The fourth-order valence-corrected chi connectivity index (χ4v) is 2.95. The van der Waals surface area contributed by atoms with Gasteiger partial charge in [-0.15, -0.1) is 0 Å². The number of fused-ring (bicyclic) bond motifs is 1. The molecule has 1 aliphatic heterocycles. The minimum atomic E-state index is 0.747. The molecule has 0 atom stereocenters. The molecule has 0 spiro atoms. The van der Waals surface area contributed by atoms with E-state index in [1.165, 1.54) is 0 Å². The van der Waals surface area contributed by atoms with E-state index in [1.54, 1.807) is 0 Å². The van der Waals surface area contributed by atoms with Gasteiger partial charge in [0, 0.05) is 12.7 Å². The number of hydrogen-bond donors (Lipinski definition) is 0. The van der Waals surface area contributed by atoms with E-state index in [9.17, 15) is 0 Å². The summed E-state index contributed by atoms with van der Waals surface area (Å²) in [5, 5.41) is 0. The number of ether oxygens (including phenoxy) is 1. The van der Waals surface area contributed by atoms with Gasteiger partial charge in [-0.25, -0.2) is 4.98 Å². The van der Waals surface area contributed by atoms with Crippen molar-refractivity contribution in [2.24, 2.45) is 0 Å². The average molecular weight is 319 g/mol. The van der Waals surface area contributed by atoms with Crippen molar-refractivity contribution in [2.45, 2.75) is 13.3 Å². The molecule has 1 aromatic carbocycles. The zero-order valence-corrected chi connectivity index (χ0v) is 12.4. The highest BCUT2D eigenvalue weighted by atomic mass is 79.9. The summed E-state index contributed by atoms with van der Waals surface area (Å²) >= 11 is 3.62. The maximum absolute atomic E-state index is 5.78. The molecule has 19 heavy (non-hydrogen) atoms. The smallest absolute Gasteiger partial charge is 0.147 e. The quantitative estimate of drug-likeness (QED) is 0.792. The van der Waals surface area contributed by atoms with E-state index in [1.807, 2.05) is 31.3 Å². The largest absolute Gasteiger partial charge is 0.491 e. The number of aryl methyl sites for hydroxylation is 1. The molecule has 0 aliphatic carbocycles. The number of anilines is 2. The Hall–Kier alpha value is -1.55. The maximum Gasteiger partial charge on any atom is 0.147 e. The molecule has 1 aromatic heterocycles. The molecule has 0 fully saturated rings. The van der Waals surface area contributed by atoms with Gasteiger partial charge < -0.3 is 9.64 Å². The number of para-hydroxylation sites is 2. The number of aromatic nitrogens is 1. The number of pyridine rings is 1. The van der Waals surface area contributed by atoms with Gasteiger partial charge in [-0.05, 0) is 53.0 Å². The van der Waals surface area contributed by atoms with Crippen molar-refractivity contribution >= 4 is 27.4 Å². The Morgan fingerprint density at radius 3 is 3.00 bits per heavy atom. The molecule has 1 aliphatic rings. The average Bonchev–Trinajstić information content (AvgIpc) is 2.61. The first-order valence-corrected chi connectivity index (χ1v) is 7.16. The Labute approximate surface area is 121 Å². The molecule has 4 heteroatoms. The first-order valence-electron chi connectivity index (χ1n) is 6.37. The lowest BCUT2D eigenvalue weighted by Crippen LogP contribution is -2.19. The summed E-state index contributed by atoms with van der Waals surface area (Å²) in [4.78, 5) is 6.78. The van der Waals surface area contributed by atoms with Crippen LogP contribution in [0.5, 0.6) is 5.75 Å². The molecule has 3 nitrogen and oxygen atoms in total. The lowest BCUT2D eigenvalue weighted by molar-refractivity contribution is 0.322. The summed E-state index contributed by atoms with van der Waals surface area (Å²) in [6.07, 6.45) is 2.88. The second-order valence-corrected chi connectivity index (χ2v) is 5.49. The Morgan fingerprint density at radius 2 is 2.16 bits per heavy atom. The summed E-state index contributed by atoms with van der Waals surface area (Å²) in [6.45, 7) is 3.70. The van der Waals surface area contributed by atoms with E-state index in [4.69, 9.17) is 4.74 Å². The highest BCUT2D eigenvalue weighted by molar-refractivity contribution is 9.10. The van der Waals surface area contributed by atoms with Crippen LogP contribution in [0.4, 0.5) is 11.5 Å². The van der Waals surface area contributed by atoms with Crippen molar-refractivity contribution in [3.05, 3.63) is 46.6 Å². The molecule has 0 saturated carbocycles. The van der Waals surface area contributed by atoms with E-state index in [2.05, 4.69) is 37.9 Å². The SMILES string of the molecule is Cc1cnc(N2CCCOc3ccccc32)c(Br)c1. The number of benzene rings is 1. The van der Waals surface area contributed by atoms with Crippen LogP contribution in [0.2, 0.25) is 0 Å². The minimum Gasteiger partial charge on any atom is -0.491 e. The lowest BCUT2D eigenvalue weighted by atomic mass is 10.2. The van der Waals surface area contributed by atoms with E-state index in [0.717, 1.165) is 46.9 Å². The van der Waals surface area contributed by atoms with Gasteiger partial charge in [-0.3, -0.25) is 0 Å². The number of rotatable bonds is 1. The van der Waals surface area contributed by atoms with Crippen LogP contribution in [0.3, 0.4) is 0 Å². The predicted molar refractivity (Wildman–Crippen MR) is 80.2 cm³/mol. The molecule has 0 bridgehead atoms. The molecule has 0 unspecified atom stereocenters. The monoisotopic (exact) mass is 318 g/mol. The van der Waals surface area contributed by atoms with Crippen LogP contribution in [0.15, 0.2) is 41.0 Å². The molecule has 0 N–H and O–H groups in total. The summed E-state index contributed by atoms with van der Waals surface area (Å²) in [5.41, 5.74) is 2.23. The van der Waals surface area contributed by atoms with Gasteiger partial charge in [-0.2, -0.15) is 0 Å². The van der Waals surface area contributed by atoms with E-state index in [-0.39, 0.29) is 0 Å². The van der Waals surface area contributed by atoms with Crippen LogP contribution >= 0.6 is 15.9 Å². The fraction of sp³-hybridized carbons (Fsp3) is 0.267. The van der Waals surface area contributed by atoms with Crippen molar-refractivity contribution in [3.63, 3.8) is 0 Å². The van der Waals surface area contributed by atoms with E-state index in [0.29, 0.717) is 0 Å². The van der Waals surface area contributed by atoms with Crippen molar-refractivity contribution < 1.29 is 4.74 Å². The predicted octanol–water partition coefficient (Wildman–Crippen LogP) is 4.07. The van der Waals surface area contributed by atoms with Crippen LogP contribution in [0.25, 0.3) is 0 Å². The maximum atomic E-state index is 5.78. The van der Waals surface area contributed by atoms with Crippen molar-refractivity contribution in [1.29, 1.82) is 0 Å². The number of halogens is 1. The van der Waals surface area contributed by atoms with Gasteiger partial charge in [0.2, 0.25) is 0 Å². The fourth-order valence-electron chi connectivity index (χ4n) is 2.27. The number of hydrogen-bond acceptors (Lipinski definition) is 3. The van der Waals surface area contributed by atoms with Gasteiger partial charge in [-0.1, -0.05) is 12.1 Å². The second kappa shape index (κ2) is 5.21. The Morgan fingerprint density at radius 1 is 1.32 bits per heavy atom. The lowest BCUT2D eigenvalue weighted by Gasteiger charge is -2.23. The number of nitrogens with zero attached hydrogens (tertiary/aromatic N) is 2. The summed E-state index contributed by atoms with van der Waals surface area (Å²) in [7, 11) is 0. The third-order valence-corrected chi connectivity index (χ3v) is 3.74. The summed E-state index contributed by atoms with van der Waals surface area (Å²) < 4.78 is 6.80. The Kier molecular flexibility index (Phi) is 3.42. The topological polar surface area (TPSA) is 25.4 Å². The normalized spacial score (nSPS) is 14.5. The van der Waals surface area contributed by atoms with Crippen LogP contribution < -0.4 is 9.64 Å². The Balaban J connectivity index is 2.09. The van der Waals surface area contributed by atoms with E-state index >= 15 is 0 Å². The van der Waals surface area contributed by atoms with Crippen LogP contribution in [0, 0.1) is 6.92 Å². The van der Waals surface area contributed by atoms with Gasteiger partial charge in [0.05, 0.1) is 16.8 Å². The standard InChI is InChI=1S/C15H15BrN2O/c1-11-9-12(16)15(17-10-11)18-7-4-8-19-14-6-3-2-5-13(14)18/h2-3,5-6,9-10H,4,7-8H2,1H3. The highest BCUT2D eigenvalue weighted by Crippen LogP contribution is 2.37. The van der Waals surface area contributed by atoms with Crippen LogP contribution in [-0.4, -0.2) is 18.1 Å². The molecule has 2 aromatic rings. The van der Waals surface area contributed by atoms with Crippen molar-refractivity contribution in [3.8, 4) is 5.75 Å². The third kappa shape index (κ3) is 2.45. The zero-order valence-electron chi connectivity index (χ0n) is 10.8. The van der Waals surface area contributed by atoms with Gasteiger partial charge in [0.15, 0.2) is 0 Å². The molecule has 0 amide bonds. The zero-order chi connectivity index (χ0) is 13.2.